The van der Waals surface area contributed by atoms with Crippen molar-refractivity contribution in [3.63, 3.8) is 0 Å². The van der Waals surface area contributed by atoms with Crippen molar-refractivity contribution in [3.8, 4) is 6.07 Å². The second kappa shape index (κ2) is 5.59. The minimum atomic E-state index is -0.593. The Morgan fingerprint density at radius 3 is 2.80 bits per heavy atom. The van der Waals surface area contributed by atoms with Gasteiger partial charge in [-0.25, -0.2) is 0 Å². The summed E-state index contributed by atoms with van der Waals surface area (Å²) in [6.45, 7) is 1.72. The molecular weight excluding hydrogens is 278 g/mol. The fourth-order valence-electron chi connectivity index (χ4n) is 1.66. The van der Waals surface area contributed by atoms with Gasteiger partial charge in [0.2, 0.25) is 0 Å². The molecule has 0 fully saturated rings. The Morgan fingerprint density at radius 2 is 2.15 bits per heavy atom. The fraction of sp³-hybridized carbons (Fsp3) is 0.0714. The fourth-order valence-corrected chi connectivity index (χ4v) is 1.83. The van der Waals surface area contributed by atoms with Crippen molar-refractivity contribution in [2.45, 2.75) is 6.92 Å². The van der Waals surface area contributed by atoms with Gasteiger partial charge in [0.1, 0.15) is 11.6 Å². The van der Waals surface area contributed by atoms with E-state index >= 15 is 0 Å². The number of carbonyl (C=O) groups excluding carboxylic acids is 1. The smallest absolute Gasteiger partial charge is 0.261 e. The van der Waals surface area contributed by atoms with E-state index in [-0.39, 0.29) is 22.2 Å². The Morgan fingerprint density at radius 1 is 1.40 bits per heavy atom. The van der Waals surface area contributed by atoms with Crippen LogP contribution in [0.4, 0.5) is 5.69 Å². The van der Waals surface area contributed by atoms with Crippen LogP contribution >= 0.6 is 11.6 Å². The van der Waals surface area contributed by atoms with E-state index in [2.05, 4.69) is 10.3 Å². The first-order valence-corrected chi connectivity index (χ1v) is 6.09. The van der Waals surface area contributed by atoms with Crippen LogP contribution in [0.2, 0.25) is 5.02 Å². The Hall–Kier alpha value is -2.58. The summed E-state index contributed by atoms with van der Waals surface area (Å²) >= 11 is 5.83. The van der Waals surface area contributed by atoms with Crippen LogP contribution in [0.5, 0.6) is 0 Å². The maximum Gasteiger partial charge on any atom is 0.261 e. The van der Waals surface area contributed by atoms with Crippen molar-refractivity contribution >= 4 is 23.2 Å². The number of amides is 1. The van der Waals surface area contributed by atoms with Crippen molar-refractivity contribution in [1.29, 1.82) is 5.26 Å². The number of nitrogens with zero attached hydrogens (tertiary/aromatic N) is 1. The van der Waals surface area contributed by atoms with Crippen LogP contribution in [0.1, 0.15) is 21.6 Å². The minimum absolute atomic E-state index is 0.0283. The number of halogens is 1. The van der Waals surface area contributed by atoms with Crippen LogP contribution < -0.4 is 10.7 Å². The molecule has 2 N–H and O–H groups in total. The Bertz CT molecular complexity index is 775. The Kier molecular flexibility index (Phi) is 3.87. The van der Waals surface area contributed by atoms with Crippen LogP contribution in [0.25, 0.3) is 0 Å². The summed E-state index contributed by atoms with van der Waals surface area (Å²) in [5.74, 6) is -0.593. The van der Waals surface area contributed by atoms with Gasteiger partial charge in [-0.1, -0.05) is 11.6 Å². The number of aryl methyl sites for hydroxylation is 1. The molecule has 1 aromatic carbocycles. The number of aromatic amines is 1. The van der Waals surface area contributed by atoms with Gasteiger partial charge in [-0.2, -0.15) is 5.26 Å². The van der Waals surface area contributed by atoms with E-state index in [9.17, 15) is 9.59 Å². The highest BCUT2D eigenvalue weighted by atomic mass is 35.5. The number of pyridine rings is 1. The first kappa shape index (κ1) is 13.8. The van der Waals surface area contributed by atoms with Gasteiger partial charge in [-0.05, 0) is 25.1 Å². The van der Waals surface area contributed by atoms with Gasteiger partial charge in [-0.3, -0.25) is 9.59 Å². The summed E-state index contributed by atoms with van der Waals surface area (Å²) in [4.78, 5) is 26.6. The molecule has 1 aromatic heterocycles. The molecule has 0 unspecified atom stereocenters. The number of hydrogen-bond donors (Lipinski definition) is 2. The minimum Gasteiger partial charge on any atom is -0.364 e. The van der Waals surface area contributed by atoms with Crippen LogP contribution in [0.15, 0.2) is 35.3 Å². The number of rotatable bonds is 2. The third-order valence-electron chi connectivity index (χ3n) is 2.65. The molecule has 6 heteroatoms. The van der Waals surface area contributed by atoms with Gasteiger partial charge in [0.15, 0.2) is 5.43 Å². The van der Waals surface area contributed by atoms with Crippen LogP contribution in [-0.4, -0.2) is 10.9 Å². The Balaban J connectivity index is 2.35. The summed E-state index contributed by atoms with van der Waals surface area (Å²) in [5, 5.41) is 11.9. The molecule has 2 aromatic rings. The van der Waals surface area contributed by atoms with Gasteiger partial charge in [0, 0.05) is 23.0 Å². The summed E-state index contributed by atoms with van der Waals surface area (Å²) < 4.78 is 0. The van der Waals surface area contributed by atoms with Crippen LogP contribution in [0.3, 0.4) is 0 Å². The zero-order chi connectivity index (χ0) is 14.7. The standard InChI is InChI=1S/C14H10ClN3O2/c1-8-4-13(19)11(7-17-8)14(20)18-12-5-10(15)3-2-9(12)6-16/h2-5,7H,1H3,(H,17,19)(H,18,20). The lowest BCUT2D eigenvalue weighted by Gasteiger charge is -2.07. The number of carbonyl (C=O) groups is 1. The molecule has 5 nitrogen and oxygen atoms in total. The van der Waals surface area contributed by atoms with Gasteiger partial charge in [-0.15, -0.1) is 0 Å². The molecule has 20 heavy (non-hydrogen) atoms. The lowest BCUT2D eigenvalue weighted by Crippen LogP contribution is -2.22. The van der Waals surface area contributed by atoms with Gasteiger partial charge >= 0.3 is 0 Å². The number of aromatic nitrogens is 1. The predicted octanol–water partition coefficient (Wildman–Crippen LogP) is 2.46. The molecule has 100 valence electrons. The van der Waals surface area contributed by atoms with E-state index in [4.69, 9.17) is 16.9 Å². The highest BCUT2D eigenvalue weighted by molar-refractivity contribution is 6.31. The van der Waals surface area contributed by atoms with E-state index in [0.717, 1.165) is 0 Å². The van der Waals surface area contributed by atoms with Gasteiger partial charge in [0.05, 0.1) is 11.3 Å². The Labute approximate surface area is 119 Å². The normalized spacial score (nSPS) is 9.85. The highest BCUT2D eigenvalue weighted by Crippen LogP contribution is 2.20. The van der Waals surface area contributed by atoms with Gasteiger partial charge < -0.3 is 10.3 Å². The quantitative estimate of drug-likeness (QED) is 0.889. The topological polar surface area (TPSA) is 85.8 Å². The molecule has 1 heterocycles. The predicted molar refractivity (Wildman–Crippen MR) is 75.9 cm³/mol. The largest absolute Gasteiger partial charge is 0.364 e. The van der Waals surface area contributed by atoms with Crippen molar-refractivity contribution in [2.24, 2.45) is 0 Å². The average molecular weight is 288 g/mol. The third-order valence-corrected chi connectivity index (χ3v) is 2.89. The maximum atomic E-state index is 12.0. The number of H-pyrrole nitrogens is 1. The molecule has 1 amide bonds. The molecule has 0 aliphatic carbocycles. The van der Waals surface area contributed by atoms with Crippen molar-refractivity contribution in [3.05, 3.63) is 62.5 Å². The number of anilines is 1. The van der Waals surface area contributed by atoms with Crippen molar-refractivity contribution < 1.29 is 4.79 Å². The number of benzene rings is 1. The molecule has 0 saturated carbocycles. The van der Waals surface area contributed by atoms with E-state index < -0.39 is 5.91 Å². The number of nitrogens with one attached hydrogen (secondary N) is 2. The maximum absolute atomic E-state index is 12.0. The first-order chi connectivity index (χ1) is 9.51. The van der Waals surface area contributed by atoms with Crippen molar-refractivity contribution in [1.82, 2.24) is 4.98 Å². The first-order valence-electron chi connectivity index (χ1n) is 5.71. The highest BCUT2D eigenvalue weighted by Gasteiger charge is 2.13. The monoisotopic (exact) mass is 287 g/mol. The molecule has 0 aliphatic heterocycles. The lowest BCUT2D eigenvalue weighted by atomic mass is 10.1. The van der Waals surface area contributed by atoms with E-state index in [1.165, 1.54) is 24.4 Å². The second-order valence-electron chi connectivity index (χ2n) is 4.15. The lowest BCUT2D eigenvalue weighted by molar-refractivity contribution is 0.102. The zero-order valence-electron chi connectivity index (χ0n) is 10.5. The average Bonchev–Trinajstić information content (AvgIpc) is 2.38. The van der Waals surface area contributed by atoms with Crippen LogP contribution in [-0.2, 0) is 0 Å². The molecule has 0 saturated heterocycles. The summed E-state index contributed by atoms with van der Waals surface area (Å²) in [5.41, 5.74) is 0.780. The molecule has 0 aliphatic rings. The van der Waals surface area contributed by atoms with Crippen LogP contribution in [0, 0.1) is 18.3 Å². The third kappa shape index (κ3) is 2.87. The second-order valence-corrected chi connectivity index (χ2v) is 4.59. The zero-order valence-corrected chi connectivity index (χ0v) is 11.3. The molecular formula is C14H10ClN3O2. The summed E-state index contributed by atoms with van der Waals surface area (Å²) in [6, 6.07) is 7.78. The number of hydrogen-bond acceptors (Lipinski definition) is 3. The van der Waals surface area contributed by atoms with Crippen molar-refractivity contribution in [2.75, 3.05) is 5.32 Å². The van der Waals surface area contributed by atoms with E-state index in [0.29, 0.717) is 10.7 Å². The molecule has 2 rings (SSSR count). The molecule has 0 bridgehead atoms. The molecule has 0 spiro atoms. The van der Waals surface area contributed by atoms with Gasteiger partial charge in [0.25, 0.3) is 5.91 Å². The molecule has 0 atom stereocenters. The van der Waals surface area contributed by atoms with E-state index in [1.54, 1.807) is 13.0 Å². The number of nitriles is 1. The SMILES string of the molecule is Cc1cc(=O)c(C(=O)Nc2cc(Cl)ccc2C#N)c[nH]1. The molecule has 0 radical (unpaired) electrons. The van der Waals surface area contributed by atoms with E-state index in [1.807, 2.05) is 6.07 Å². The summed E-state index contributed by atoms with van der Waals surface area (Å²) in [7, 11) is 0. The summed E-state index contributed by atoms with van der Waals surface area (Å²) in [6.07, 6.45) is 1.34.